The van der Waals surface area contributed by atoms with Gasteiger partial charge in [0, 0.05) is 38.2 Å². The van der Waals surface area contributed by atoms with Crippen molar-refractivity contribution in [2.24, 2.45) is 5.92 Å². The van der Waals surface area contributed by atoms with Crippen LogP contribution in [0.1, 0.15) is 56.0 Å². The predicted octanol–water partition coefficient (Wildman–Crippen LogP) is 2.61. The van der Waals surface area contributed by atoms with Gasteiger partial charge in [0.25, 0.3) is 5.91 Å². The number of aryl methyl sites for hydroxylation is 1. The molecule has 6 heteroatoms. The van der Waals surface area contributed by atoms with E-state index < -0.39 is 6.04 Å². The van der Waals surface area contributed by atoms with Crippen molar-refractivity contribution in [2.45, 2.75) is 53.0 Å². The summed E-state index contributed by atoms with van der Waals surface area (Å²) in [6.07, 6.45) is 1.94. The third-order valence-electron chi connectivity index (χ3n) is 5.57. The van der Waals surface area contributed by atoms with Crippen LogP contribution < -0.4 is 5.32 Å². The van der Waals surface area contributed by atoms with E-state index in [2.05, 4.69) is 5.32 Å². The van der Waals surface area contributed by atoms with Gasteiger partial charge in [-0.2, -0.15) is 0 Å². The Hall–Kier alpha value is -2.37. The number of rotatable bonds is 7. The Labute approximate surface area is 168 Å². The zero-order valence-corrected chi connectivity index (χ0v) is 17.5. The normalized spacial score (nSPS) is 15.8. The fourth-order valence-electron chi connectivity index (χ4n) is 3.83. The van der Waals surface area contributed by atoms with Crippen LogP contribution >= 0.6 is 0 Å². The summed E-state index contributed by atoms with van der Waals surface area (Å²) >= 11 is 0. The lowest BCUT2D eigenvalue weighted by Gasteiger charge is -2.37. The maximum absolute atomic E-state index is 13.1. The molecule has 1 aromatic carbocycles. The smallest absolute Gasteiger partial charge is 0.251 e. The van der Waals surface area contributed by atoms with Crippen LogP contribution in [0.2, 0.25) is 0 Å². The standard InChI is InChI=1S/C22H33N3O3/c1-5-19(26)25-13-11-17(12-14-25)20(22(28)24(6-2)7-3)23-21(27)18-10-8-9-16(4)15-18/h8-10,15,17,20H,5-7,11-14H2,1-4H3,(H,23,27)/t20-/m0/s1. The van der Waals surface area contributed by atoms with Gasteiger partial charge in [-0.25, -0.2) is 0 Å². The largest absolute Gasteiger partial charge is 0.343 e. The number of carbonyl (C=O) groups excluding carboxylic acids is 3. The fraction of sp³-hybridized carbons (Fsp3) is 0.591. The van der Waals surface area contributed by atoms with Crippen LogP contribution in [0.5, 0.6) is 0 Å². The molecular weight excluding hydrogens is 354 g/mol. The van der Waals surface area contributed by atoms with Crippen molar-refractivity contribution in [3.05, 3.63) is 35.4 Å². The molecule has 0 radical (unpaired) electrons. The van der Waals surface area contributed by atoms with Crippen molar-refractivity contribution in [3.8, 4) is 0 Å². The Bertz CT molecular complexity index is 692. The molecule has 2 rings (SSSR count). The third-order valence-corrected chi connectivity index (χ3v) is 5.57. The highest BCUT2D eigenvalue weighted by Crippen LogP contribution is 2.23. The SMILES string of the molecule is CCC(=O)N1CCC([C@H](NC(=O)c2cccc(C)c2)C(=O)N(CC)CC)CC1. The van der Waals surface area contributed by atoms with E-state index in [1.54, 1.807) is 11.0 Å². The molecule has 1 aromatic rings. The minimum absolute atomic E-state index is 0.0303. The van der Waals surface area contributed by atoms with Crippen LogP contribution in [0, 0.1) is 12.8 Å². The van der Waals surface area contributed by atoms with Crippen LogP contribution in [-0.2, 0) is 9.59 Å². The predicted molar refractivity (Wildman–Crippen MR) is 110 cm³/mol. The number of carbonyl (C=O) groups is 3. The molecule has 1 aliphatic rings. The second-order valence-electron chi connectivity index (χ2n) is 7.40. The summed E-state index contributed by atoms with van der Waals surface area (Å²) in [6.45, 7) is 10.2. The van der Waals surface area contributed by atoms with Gasteiger partial charge in [-0.05, 0) is 51.7 Å². The van der Waals surface area contributed by atoms with Gasteiger partial charge in [-0.1, -0.05) is 24.6 Å². The third kappa shape index (κ3) is 5.33. The molecule has 0 aromatic heterocycles. The molecule has 1 atom stereocenters. The molecular formula is C22H33N3O3. The average molecular weight is 388 g/mol. The molecule has 6 nitrogen and oxygen atoms in total. The van der Waals surface area contributed by atoms with E-state index in [9.17, 15) is 14.4 Å². The van der Waals surface area contributed by atoms with Crippen molar-refractivity contribution in [3.63, 3.8) is 0 Å². The Morgan fingerprint density at radius 2 is 1.79 bits per heavy atom. The fourth-order valence-corrected chi connectivity index (χ4v) is 3.83. The maximum atomic E-state index is 13.1. The molecule has 0 saturated carbocycles. The number of hydrogen-bond acceptors (Lipinski definition) is 3. The zero-order valence-electron chi connectivity index (χ0n) is 17.5. The second kappa shape index (κ2) is 10.2. The molecule has 1 fully saturated rings. The highest BCUT2D eigenvalue weighted by molar-refractivity contribution is 5.97. The molecule has 0 unspecified atom stereocenters. The number of amides is 3. The molecule has 3 amide bonds. The first-order valence-electron chi connectivity index (χ1n) is 10.3. The van der Waals surface area contributed by atoms with Gasteiger partial charge in [-0.15, -0.1) is 0 Å². The Kier molecular flexibility index (Phi) is 8.03. The molecule has 1 aliphatic heterocycles. The van der Waals surface area contributed by atoms with Crippen LogP contribution in [0.15, 0.2) is 24.3 Å². The summed E-state index contributed by atoms with van der Waals surface area (Å²) in [5.41, 5.74) is 1.57. The first kappa shape index (κ1) is 21.9. The molecule has 28 heavy (non-hydrogen) atoms. The summed E-state index contributed by atoms with van der Waals surface area (Å²) < 4.78 is 0. The van der Waals surface area contributed by atoms with E-state index in [4.69, 9.17) is 0 Å². The number of hydrogen-bond donors (Lipinski definition) is 1. The highest BCUT2D eigenvalue weighted by atomic mass is 16.2. The lowest BCUT2D eigenvalue weighted by molar-refractivity contribution is -0.135. The van der Waals surface area contributed by atoms with E-state index in [1.807, 2.05) is 50.8 Å². The topological polar surface area (TPSA) is 69.7 Å². The molecule has 1 heterocycles. The monoisotopic (exact) mass is 387 g/mol. The minimum Gasteiger partial charge on any atom is -0.343 e. The van der Waals surface area contributed by atoms with Crippen molar-refractivity contribution < 1.29 is 14.4 Å². The first-order chi connectivity index (χ1) is 13.4. The lowest BCUT2D eigenvalue weighted by atomic mass is 9.88. The molecule has 1 N–H and O–H groups in total. The Morgan fingerprint density at radius 3 is 2.32 bits per heavy atom. The van der Waals surface area contributed by atoms with Gasteiger partial charge in [0.1, 0.15) is 6.04 Å². The number of benzene rings is 1. The van der Waals surface area contributed by atoms with E-state index in [1.165, 1.54) is 0 Å². The zero-order chi connectivity index (χ0) is 20.7. The Balaban J connectivity index is 2.17. The Morgan fingerprint density at radius 1 is 1.14 bits per heavy atom. The van der Waals surface area contributed by atoms with E-state index in [0.717, 1.165) is 18.4 Å². The molecule has 154 valence electrons. The lowest BCUT2D eigenvalue weighted by Crippen LogP contribution is -2.54. The van der Waals surface area contributed by atoms with Gasteiger partial charge in [0.05, 0.1) is 0 Å². The van der Waals surface area contributed by atoms with Crippen LogP contribution in [0.25, 0.3) is 0 Å². The van der Waals surface area contributed by atoms with Gasteiger partial charge in [0.2, 0.25) is 11.8 Å². The van der Waals surface area contributed by atoms with Crippen LogP contribution in [0.3, 0.4) is 0 Å². The number of likely N-dealkylation sites (N-methyl/N-ethyl adjacent to an activating group) is 1. The van der Waals surface area contributed by atoms with Gasteiger partial charge in [0.15, 0.2) is 0 Å². The van der Waals surface area contributed by atoms with E-state index in [0.29, 0.717) is 38.2 Å². The summed E-state index contributed by atoms with van der Waals surface area (Å²) in [5, 5.41) is 3.00. The molecule has 0 spiro atoms. The van der Waals surface area contributed by atoms with Crippen molar-refractivity contribution in [1.29, 1.82) is 0 Å². The van der Waals surface area contributed by atoms with Crippen molar-refractivity contribution >= 4 is 17.7 Å². The summed E-state index contributed by atoms with van der Waals surface area (Å²) in [4.78, 5) is 41.5. The number of likely N-dealkylation sites (tertiary alicyclic amines) is 1. The minimum atomic E-state index is -0.563. The number of nitrogens with zero attached hydrogens (tertiary/aromatic N) is 2. The molecule has 0 bridgehead atoms. The van der Waals surface area contributed by atoms with Crippen LogP contribution in [-0.4, -0.2) is 59.7 Å². The van der Waals surface area contributed by atoms with E-state index in [-0.39, 0.29) is 23.6 Å². The van der Waals surface area contributed by atoms with Gasteiger partial charge in [-0.3, -0.25) is 14.4 Å². The summed E-state index contributed by atoms with van der Waals surface area (Å²) in [6, 6.07) is 6.82. The molecule has 1 saturated heterocycles. The highest BCUT2D eigenvalue weighted by Gasteiger charge is 2.35. The van der Waals surface area contributed by atoms with Gasteiger partial charge < -0.3 is 15.1 Å². The van der Waals surface area contributed by atoms with Crippen molar-refractivity contribution in [2.75, 3.05) is 26.2 Å². The molecule has 0 aliphatic carbocycles. The van der Waals surface area contributed by atoms with Crippen molar-refractivity contribution in [1.82, 2.24) is 15.1 Å². The maximum Gasteiger partial charge on any atom is 0.251 e. The summed E-state index contributed by atoms with van der Waals surface area (Å²) in [5.74, 6) is -0.0795. The number of piperidine rings is 1. The quantitative estimate of drug-likeness (QED) is 0.782. The second-order valence-corrected chi connectivity index (χ2v) is 7.40. The van der Waals surface area contributed by atoms with Crippen LogP contribution in [0.4, 0.5) is 0 Å². The summed E-state index contributed by atoms with van der Waals surface area (Å²) in [7, 11) is 0. The average Bonchev–Trinajstić information content (AvgIpc) is 2.72. The van der Waals surface area contributed by atoms with Gasteiger partial charge >= 0.3 is 0 Å². The first-order valence-corrected chi connectivity index (χ1v) is 10.3. The van der Waals surface area contributed by atoms with E-state index >= 15 is 0 Å². The number of nitrogens with one attached hydrogen (secondary N) is 1.